The van der Waals surface area contributed by atoms with Crippen LogP contribution in [0, 0.1) is 11.8 Å². The zero-order chi connectivity index (χ0) is 19.1. The molecule has 1 aliphatic rings. The van der Waals surface area contributed by atoms with Crippen LogP contribution >= 0.6 is 0 Å². The van der Waals surface area contributed by atoms with Crippen LogP contribution < -0.4 is 4.72 Å². The Morgan fingerprint density at radius 1 is 1.27 bits per heavy atom. The van der Waals surface area contributed by atoms with Gasteiger partial charge in [-0.15, -0.1) is 0 Å². The average molecular weight is 378 g/mol. The van der Waals surface area contributed by atoms with E-state index in [1.54, 1.807) is 4.90 Å². The molecule has 142 valence electrons. The van der Waals surface area contributed by atoms with E-state index in [0.29, 0.717) is 18.8 Å². The van der Waals surface area contributed by atoms with Crippen molar-refractivity contribution in [3.8, 4) is 0 Å². The lowest BCUT2D eigenvalue weighted by atomic mass is 9.92. The minimum atomic E-state index is -3.54. The first-order valence-electron chi connectivity index (χ1n) is 8.76. The zero-order valence-electron chi connectivity index (χ0n) is 15.6. The lowest BCUT2D eigenvalue weighted by Crippen LogP contribution is -2.46. The third kappa shape index (κ3) is 3.62. The van der Waals surface area contributed by atoms with Gasteiger partial charge >= 0.3 is 0 Å². The van der Waals surface area contributed by atoms with Crippen LogP contribution in [0.4, 0.5) is 0 Å². The third-order valence-electron chi connectivity index (χ3n) is 5.05. The maximum absolute atomic E-state index is 12.9. The number of carbonyl (C=O) groups is 1. The lowest BCUT2D eigenvalue weighted by molar-refractivity contribution is 0.0778. The maximum atomic E-state index is 12.9. The van der Waals surface area contributed by atoms with Crippen LogP contribution in [0.2, 0.25) is 0 Å². The Balaban J connectivity index is 1.81. The molecule has 3 rings (SSSR count). The van der Waals surface area contributed by atoms with Crippen molar-refractivity contribution in [1.29, 1.82) is 0 Å². The molecule has 2 heterocycles. The van der Waals surface area contributed by atoms with Crippen molar-refractivity contribution in [3.05, 3.63) is 36.0 Å². The summed E-state index contributed by atoms with van der Waals surface area (Å²) in [6, 6.07) is 9.29. The van der Waals surface area contributed by atoms with Gasteiger partial charge < -0.3 is 9.88 Å². The van der Waals surface area contributed by atoms with Crippen LogP contribution in [-0.4, -0.2) is 61.7 Å². The highest BCUT2D eigenvalue weighted by molar-refractivity contribution is 7.87. The number of H-pyrrole nitrogens is 1. The topological polar surface area (TPSA) is 85.5 Å². The molecule has 2 atom stereocenters. The first-order valence-corrected chi connectivity index (χ1v) is 10.2. The monoisotopic (exact) mass is 378 g/mol. The van der Waals surface area contributed by atoms with Crippen LogP contribution in [0.15, 0.2) is 30.3 Å². The number of benzene rings is 1. The number of para-hydroxylation sites is 1. The van der Waals surface area contributed by atoms with Crippen LogP contribution in [-0.2, 0) is 10.2 Å². The fraction of sp³-hybridized carbons (Fsp3) is 0.500. The number of nitrogens with zero attached hydrogens (tertiary/aromatic N) is 2. The maximum Gasteiger partial charge on any atom is 0.279 e. The first-order chi connectivity index (χ1) is 12.2. The summed E-state index contributed by atoms with van der Waals surface area (Å²) in [5, 5.41) is 0.986. The predicted octanol–water partition coefficient (Wildman–Crippen LogP) is 1.66. The SMILES string of the molecule is CC(C)[C@@H]1CN(C(=O)c2cc3ccccc3[nH]2)C[C@H]1NS(=O)(=O)N(C)C. The Morgan fingerprint density at radius 2 is 1.96 bits per heavy atom. The van der Waals surface area contributed by atoms with Gasteiger partial charge in [-0.25, -0.2) is 0 Å². The van der Waals surface area contributed by atoms with Gasteiger partial charge in [0, 0.05) is 44.1 Å². The minimum absolute atomic E-state index is 0.0676. The van der Waals surface area contributed by atoms with Crippen molar-refractivity contribution in [3.63, 3.8) is 0 Å². The molecule has 0 radical (unpaired) electrons. The van der Waals surface area contributed by atoms with E-state index in [9.17, 15) is 13.2 Å². The van der Waals surface area contributed by atoms with Crippen LogP contribution in [0.5, 0.6) is 0 Å². The number of aromatic amines is 1. The number of aromatic nitrogens is 1. The Morgan fingerprint density at radius 3 is 2.58 bits per heavy atom. The molecule has 2 aromatic rings. The summed E-state index contributed by atoms with van der Waals surface area (Å²) in [6.45, 7) is 5.01. The highest BCUT2D eigenvalue weighted by atomic mass is 32.2. The van der Waals surface area contributed by atoms with Gasteiger partial charge in [0.25, 0.3) is 16.1 Å². The normalized spacial score (nSPS) is 21.2. The van der Waals surface area contributed by atoms with E-state index in [-0.39, 0.29) is 23.8 Å². The number of likely N-dealkylation sites (tertiary alicyclic amines) is 1. The predicted molar refractivity (Wildman–Crippen MR) is 102 cm³/mol. The Bertz CT molecular complexity index is 871. The molecule has 0 bridgehead atoms. The van der Waals surface area contributed by atoms with Crippen LogP contribution in [0.25, 0.3) is 10.9 Å². The summed E-state index contributed by atoms with van der Waals surface area (Å²) in [6.07, 6.45) is 0. The molecule has 7 nitrogen and oxygen atoms in total. The molecular formula is C18H26N4O3S. The summed E-state index contributed by atoms with van der Waals surface area (Å²) in [5.74, 6) is 0.224. The van der Waals surface area contributed by atoms with Crippen molar-refractivity contribution in [2.75, 3.05) is 27.2 Å². The summed E-state index contributed by atoms with van der Waals surface area (Å²) in [4.78, 5) is 17.8. The number of hydrogen-bond donors (Lipinski definition) is 2. The Hall–Kier alpha value is -1.90. The molecule has 0 unspecified atom stereocenters. The molecule has 1 aromatic heterocycles. The lowest BCUT2D eigenvalue weighted by Gasteiger charge is -2.24. The molecule has 1 amide bonds. The van der Waals surface area contributed by atoms with E-state index in [2.05, 4.69) is 23.6 Å². The van der Waals surface area contributed by atoms with Crippen LogP contribution in [0.3, 0.4) is 0 Å². The number of fused-ring (bicyclic) bond motifs is 1. The van der Waals surface area contributed by atoms with Gasteiger partial charge in [-0.3, -0.25) is 4.79 Å². The van der Waals surface area contributed by atoms with Gasteiger partial charge in [-0.05, 0) is 24.0 Å². The molecule has 0 aliphatic carbocycles. The number of nitrogens with one attached hydrogen (secondary N) is 2. The summed E-state index contributed by atoms with van der Waals surface area (Å²) < 4.78 is 28.3. The Kier molecular flexibility index (Phi) is 5.09. The molecule has 1 aromatic carbocycles. The summed E-state index contributed by atoms with van der Waals surface area (Å²) in [5.41, 5.74) is 1.45. The standard InChI is InChI=1S/C18H26N4O3S/c1-12(2)14-10-22(11-17(14)20-26(24,25)21(3)4)18(23)16-9-13-7-5-6-8-15(13)19-16/h5-9,12,14,17,19-20H,10-11H2,1-4H3/t14-,17+/m0/s1. The van der Waals surface area contributed by atoms with E-state index in [1.165, 1.54) is 14.1 Å². The second-order valence-corrected chi connectivity index (χ2v) is 9.32. The second kappa shape index (κ2) is 7.02. The van der Waals surface area contributed by atoms with Gasteiger partial charge in [-0.1, -0.05) is 32.0 Å². The fourth-order valence-electron chi connectivity index (χ4n) is 3.45. The highest BCUT2D eigenvalue weighted by Crippen LogP contribution is 2.27. The van der Waals surface area contributed by atoms with Gasteiger partial charge in [-0.2, -0.15) is 17.4 Å². The smallest absolute Gasteiger partial charge is 0.279 e. The molecular weight excluding hydrogens is 352 g/mol. The van der Waals surface area contributed by atoms with Gasteiger partial charge in [0.15, 0.2) is 0 Å². The van der Waals surface area contributed by atoms with Gasteiger partial charge in [0.05, 0.1) is 0 Å². The fourth-order valence-corrected chi connectivity index (χ4v) is 4.29. The minimum Gasteiger partial charge on any atom is -0.351 e. The molecule has 0 saturated carbocycles. The van der Waals surface area contributed by atoms with E-state index < -0.39 is 10.2 Å². The summed E-state index contributed by atoms with van der Waals surface area (Å²) >= 11 is 0. The van der Waals surface area contributed by atoms with Crippen LogP contribution in [0.1, 0.15) is 24.3 Å². The molecule has 2 N–H and O–H groups in total. The quantitative estimate of drug-likeness (QED) is 0.830. The number of amides is 1. The average Bonchev–Trinajstić information content (AvgIpc) is 3.17. The van der Waals surface area contributed by atoms with E-state index in [4.69, 9.17) is 0 Å². The molecule has 1 fully saturated rings. The summed E-state index contributed by atoms with van der Waals surface area (Å²) in [7, 11) is -0.555. The third-order valence-corrected chi connectivity index (χ3v) is 6.61. The largest absolute Gasteiger partial charge is 0.351 e. The molecule has 26 heavy (non-hydrogen) atoms. The first kappa shape index (κ1) is 18.9. The van der Waals surface area contributed by atoms with E-state index >= 15 is 0 Å². The van der Waals surface area contributed by atoms with Crippen molar-refractivity contribution in [2.45, 2.75) is 19.9 Å². The van der Waals surface area contributed by atoms with Crippen molar-refractivity contribution in [1.82, 2.24) is 18.9 Å². The molecule has 1 aliphatic heterocycles. The number of carbonyl (C=O) groups excluding carboxylic acids is 1. The van der Waals surface area contributed by atoms with Gasteiger partial charge in [0.2, 0.25) is 0 Å². The zero-order valence-corrected chi connectivity index (χ0v) is 16.4. The van der Waals surface area contributed by atoms with E-state index in [0.717, 1.165) is 15.2 Å². The van der Waals surface area contributed by atoms with Crippen molar-refractivity contribution < 1.29 is 13.2 Å². The molecule has 0 spiro atoms. The Labute approximate surface area is 154 Å². The highest BCUT2D eigenvalue weighted by Gasteiger charge is 2.39. The van der Waals surface area contributed by atoms with Crippen molar-refractivity contribution >= 4 is 27.0 Å². The van der Waals surface area contributed by atoms with Gasteiger partial charge in [0.1, 0.15) is 5.69 Å². The molecule has 8 heteroatoms. The number of rotatable bonds is 5. The van der Waals surface area contributed by atoms with E-state index in [1.807, 2.05) is 30.3 Å². The molecule has 1 saturated heterocycles. The number of hydrogen-bond acceptors (Lipinski definition) is 3. The second-order valence-electron chi connectivity index (χ2n) is 7.40. The van der Waals surface area contributed by atoms with Crippen molar-refractivity contribution in [2.24, 2.45) is 11.8 Å².